The van der Waals surface area contributed by atoms with E-state index in [1.54, 1.807) is 24.3 Å². The highest BCUT2D eigenvalue weighted by Crippen LogP contribution is 2.44. The normalized spacial score (nSPS) is 12.1. The second-order valence-corrected chi connectivity index (χ2v) is 17.4. The summed E-state index contributed by atoms with van der Waals surface area (Å²) in [5.41, 5.74) is 12.7. The summed E-state index contributed by atoms with van der Waals surface area (Å²) in [5.74, 6) is 0. The van der Waals surface area contributed by atoms with E-state index in [0.29, 0.717) is 33.5 Å². The van der Waals surface area contributed by atoms with Crippen molar-refractivity contribution in [2.24, 2.45) is 0 Å². The molecular weight excluding hydrogens is 869 g/mol. The molecule has 0 aliphatic carbocycles. The van der Waals surface area contributed by atoms with Crippen molar-refractivity contribution in [3.05, 3.63) is 225 Å². The Kier molecular flexibility index (Phi) is 9.21. The third kappa shape index (κ3) is 6.42. The Balaban J connectivity index is 1.24. The van der Waals surface area contributed by atoms with Crippen LogP contribution in [0.15, 0.2) is 182 Å². The Morgan fingerprint density at radius 3 is 0.971 bits per heavy atom. The van der Waals surface area contributed by atoms with E-state index >= 15 is 0 Å². The number of non-ortho nitro benzene ring substituents is 2. The lowest BCUT2D eigenvalue weighted by Crippen LogP contribution is -1.94. The Hall–Kier alpha value is -9.80. The number of rotatable bonds is 6. The Bertz CT molecular complexity index is 4050. The van der Waals surface area contributed by atoms with E-state index in [1.165, 1.54) is 0 Å². The molecule has 10 heteroatoms. The summed E-state index contributed by atoms with van der Waals surface area (Å²) >= 11 is 0. The third-order valence-corrected chi connectivity index (χ3v) is 13.6. The number of fused-ring (bicyclic) bond motifs is 12. The van der Waals surface area contributed by atoms with Crippen LogP contribution in [-0.4, -0.2) is 29.8 Å². The van der Waals surface area contributed by atoms with Crippen molar-refractivity contribution in [1.82, 2.24) is 19.9 Å². The van der Waals surface area contributed by atoms with Crippen molar-refractivity contribution in [3.8, 4) is 44.5 Å². The molecule has 0 saturated carbocycles. The van der Waals surface area contributed by atoms with E-state index in [1.807, 2.05) is 97.1 Å². The second-order valence-electron chi connectivity index (χ2n) is 17.4. The highest BCUT2D eigenvalue weighted by Gasteiger charge is 2.24. The van der Waals surface area contributed by atoms with E-state index in [9.17, 15) is 20.2 Å². The highest BCUT2D eigenvalue weighted by molar-refractivity contribution is 6.11. The number of hydrogen-bond donors (Lipinski definition) is 2. The minimum atomic E-state index is -0.336. The number of nitrogens with one attached hydrogen (secondary N) is 2. The first-order valence-electron chi connectivity index (χ1n) is 22.8. The van der Waals surface area contributed by atoms with Crippen LogP contribution in [0.3, 0.4) is 0 Å². The van der Waals surface area contributed by atoms with Gasteiger partial charge in [-0.15, -0.1) is 0 Å². The Morgan fingerprint density at radius 2 is 0.614 bits per heavy atom. The maximum atomic E-state index is 12.4. The van der Waals surface area contributed by atoms with Gasteiger partial charge in [0, 0.05) is 56.5 Å². The molecule has 70 heavy (non-hydrogen) atoms. The average Bonchev–Trinajstić information content (AvgIpc) is 4.25. The molecule has 2 N–H and O–H groups in total. The van der Waals surface area contributed by atoms with Gasteiger partial charge in [0.2, 0.25) is 0 Å². The predicted molar refractivity (Wildman–Crippen MR) is 284 cm³/mol. The fraction of sp³-hybridized carbons (Fsp3) is 0. The first kappa shape index (κ1) is 40.5. The van der Waals surface area contributed by atoms with Crippen LogP contribution in [0.25, 0.3) is 134 Å². The van der Waals surface area contributed by atoms with Gasteiger partial charge in [-0.05, 0) is 127 Å². The van der Waals surface area contributed by atoms with Gasteiger partial charge in [0.05, 0.1) is 43.4 Å². The quantitative estimate of drug-likeness (QED) is 0.126. The van der Waals surface area contributed by atoms with Gasteiger partial charge in [-0.25, -0.2) is 9.97 Å². The fourth-order valence-corrected chi connectivity index (χ4v) is 10.5. The van der Waals surface area contributed by atoms with Gasteiger partial charge >= 0.3 is 0 Å². The smallest absolute Gasteiger partial charge is 0.277 e. The number of nitro benzene ring substituents is 2. The van der Waals surface area contributed by atoms with Crippen LogP contribution in [0, 0.1) is 20.2 Å². The average molecular weight is 905 g/mol. The largest absolute Gasteiger partial charge is 0.354 e. The van der Waals surface area contributed by atoms with E-state index in [4.69, 9.17) is 9.97 Å². The molecule has 0 amide bonds. The van der Waals surface area contributed by atoms with Gasteiger partial charge in [0.15, 0.2) is 0 Å². The number of nitro groups is 2. The van der Waals surface area contributed by atoms with Gasteiger partial charge in [-0.3, -0.25) is 20.2 Å². The molecular formula is C60H36N6O4. The summed E-state index contributed by atoms with van der Waals surface area (Å²) in [6.07, 6.45) is 8.12. The van der Waals surface area contributed by atoms with E-state index in [0.717, 1.165) is 98.9 Å². The molecule has 0 atom stereocenters. The van der Waals surface area contributed by atoms with Gasteiger partial charge in [-0.2, -0.15) is 0 Å². The SMILES string of the molecule is O=[N+]([O-])c1ccc(-c2c3nc(c(-c4cccc5ccccc45)c4ccc([nH]4)c(-c4ccc([N+](=O)[O-])c5ccccc45)c4nc(c(-c5cccc6ccccc56)c5ccc2[nH]5)C=C4)C=C3)c2ccccc12. The fourth-order valence-electron chi connectivity index (χ4n) is 10.5. The zero-order valence-corrected chi connectivity index (χ0v) is 37.1. The standard InChI is InChI=1S/C60H36N6O4/c67-65(68)55-33-23-45(39-17-5-7-19-41(39)55)59-51-29-25-47(61-51)57(43-21-9-13-35-11-1-3-15-37(35)43)48-26-30-52(62-48)60(46-24-34-56(66(69)70)42-20-8-6-18-40(42)46)54-32-28-50(64-54)58(49-27-31-53(59)63-49)44-22-10-14-36-12-2-4-16-38(36)44/h1-34,61,64H. The number of benzene rings is 8. The molecule has 0 spiro atoms. The number of nitrogens with zero attached hydrogens (tertiary/aromatic N) is 4. The summed E-state index contributed by atoms with van der Waals surface area (Å²) in [6.45, 7) is 0. The van der Waals surface area contributed by atoms with E-state index < -0.39 is 0 Å². The zero-order chi connectivity index (χ0) is 47.0. The first-order valence-corrected chi connectivity index (χ1v) is 22.8. The lowest BCUT2D eigenvalue weighted by atomic mass is 9.96. The molecule has 11 aromatic rings. The van der Waals surface area contributed by atoms with Crippen molar-refractivity contribution < 1.29 is 9.85 Å². The van der Waals surface area contributed by atoms with Crippen LogP contribution in [0.1, 0.15) is 22.8 Å². The molecule has 2 aliphatic rings. The topological polar surface area (TPSA) is 144 Å². The Labute approximate surface area is 398 Å². The highest BCUT2D eigenvalue weighted by atomic mass is 16.6. The van der Waals surface area contributed by atoms with Crippen LogP contribution in [-0.2, 0) is 0 Å². The number of aromatic nitrogens is 4. The zero-order valence-electron chi connectivity index (χ0n) is 37.1. The summed E-state index contributed by atoms with van der Waals surface area (Å²) < 4.78 is 0. The van der Waals surface area contributed by atoms with Crippen molar-refractivity contribution >= 4 is 101 Å². The van der Waals surface area contributed by atoms with E-state index in [2.05, 4.69) is 94.9 Å². The van der Waals surface area contributed by atoms with Gasteiger partial charge in [0.25, 0.3) is 11.4 Å². The van der Waals surface area contributed by atoms with Gasteiger partial charge in [0.1, 0.15) is 0 Å². The maximum Gasteiger partial charge on any atom is 0.277 e. The third-order valence-electron chi connectivity index (χ3n) is 13.6. The van der Waals surface area contributed by atoms with Crippen molar-refractivity contribution in [2.45, 2.75) is 0 Å². The minimum absolute atomic E-state index is 0.0215. The maximum absolute atomic E-state index is 12.4. The van der Waals surface area contributed by atoms with Crippen molar-refractivity contribution in [2.75, 3.05) is 0 Å². The molecule has 8 bridgehead atoms. The van der Waals surface area contributed by atoms with Crippen molar-refractivity contribution in [1.29, 1.82) is 0 Å². The molecule has 10 nitrogen and oxygen atoms in total. The summed E-state index contributed by atoms with van der Waals surface area (Å²) in [7, 11) is 0. The molecule has 0 fully saturated rings. The molecule has 0 saturated heterocycles. The number of H-pyrrole nitrogens is 2. The van der Waals surface area contributed by atoms with Gasteiger partial charge in [-0.1, -0.05) is 121 Å². The van der Waals surface area contributed by atoms with Crippen LogP contribution in [0.4, 0.5) is 11.4 Å². The van der Waals surface area contributed by atoms with Crippen LogP contribution in [0.5, 0.6) is 0 Å². The minimum Gasteiger partial charge on any atom is -0.354 e. The monoisotopic (exact) mass is 904 g/mol. The number of hydrogen-bond acceptors (Lipinski definition) is 6. The predicted octanol–water partition coefficient (Wildman–Crippen LogP) is 15.8. The second kappa shape index (κ2) is 15.9. The van der Waals surface area contributed by atoms with Crippen LogP contribution < -0.4 is 0 Å². The number of aromatic amines is 2. The lowest BCUT2D eigenvalue weighted by Gasteiger charge is -2.11. The van der Waals surface area contributed by atoms with Crippen molar-refractivity contribution in [3.63, 3.8) is 0 Å². The summed E-state index contributed by atoms with van der Waals surface area (Å²) in [5, 5.41) is 31.6. The van der Waals surface area contributed by atoms with Crippen LogP contribution >= 0.6 is 0 Å². The van der Waals surface area contributed by atoms with E-state index in [-0.39, 0.29) is 21.2 Å². The molecule has 0 radical (unpaired) electrons. The molecule has 13 rings (SSSR count). The summed E-state index contributed by atoms with van der Waals surface area (Å²) in [6, 6.07) is 59.0. The van der Waals surface area contributed by atoms with Crippen LogP contribution in [0.2, 0.25) is 0 Å². The summed E-state index contributed by atoms with van der Waals surface area (Å²) in [4.78, 5) is 42.9. The lowest BCUT2D eigenvalue weighted by molar-refractivity contribution is -0.383. The molecule has 8 aromatic carbocycles. The molecule has 0 unspecified atom stereocenters. The van der Waals surface area contributed by atoms with Gasteiger partial charge < -0.3 is 9.97 Å². The first-order chi connectivity index (χ1) is 34.4. The molecule has 330 valence electrons. The molecule has 5 heterocycles. The Morgan fingerprint density at radius 1 is 0.314 bits per heavy atom. The molecule has 3 aromatic heterocycles. The molecule has 2 aliphatic heterocycles.